The molecule has 0 atom stereocenters. The van der Waals surface area contributed by atoms with Crippen molar-refractivity contribution in [3.63, 3.8) is 0 Å². The lowest BCUT2D eigenvalue weighted by molar-refractivity contribution is 0.252. The lowest BCUT2D eigenvalue weighted by Crippen LogP contribution is -2.40. The van der Waals surface area contributed by atoms with E-state index in [9.17, 15) is 0 Å². The summed E-state index contributed by atoms with van der Waals surface area (Å²) in [5.74, 6) is 1.04. The van der Waals surface area contributed by atoms with Crippen LogP contribution in [0.3, 0.4) is 0 Å². The molecular weight excluding hydrogens is 234 g/mol. The zero-order valence-electron chi connectivity index (χ0n) is 12.6. The van der Waals surface area contributed by atoms with Gasteiger partial charge in [-0.25, -0.2) is 0 Å². The number of hydrogen-bond donors (Lipinski definition) is 0. The first-order valence-electron chi connectivity index (χ1n) is 7.00. The van der Waals surface area contributed by atoms with E-state index in [4.69, 9.17) is 4.99 Å². The van der Waals surface area contributed by atoms with Gasteiger partial charge in [0.05, 0.1) is 6.54 Å². The second-order valence-electron chi connectivity index (χ2n) is 5.90. The second-order valence-corrected chi connectivity index (χ2v) is 5.90. The summed E-state index contributed by atoms with van der Waals surface area (Å²) < 4.78 is 0. The molecule has 1 fully saturated rings. The lowest BCUT2D eigenvalue weighted by atomic mass is 9.64. The molecule has 19 heavy (non-hydrogen) atoms. The normalized spacial score (nSPS) is 16.4. The van der Waals surface area contributed by atoms with Gasteiger partial charge in [0.25, 0.3) is 0 Å². The van der Waals surface area contributed by atoms with Crippen molar-refractivity contribution in [1.82, 2.24) is 9.80 Å². The van der Waals surface area contributed by atoms with Gasteiger partial charge in [-0.05, 0) is 18.4 Å². The Morgan fingerprint density at radius 2 is 1.63 bits per heavy atom. The van der Waals surface area contributed by atoms with E-state index in [-0.39, 0.29) is 5.41 Å². The van der Waals surface area contributed by atoms with Gasteiger partial charge < -0.3 is 9.80 Å². The molecule has 0 N–H and O–H groups in total. The smallest absolute Gasteiger partial charge is 0.195 e. The molecule has 0 radical (unpaired) electrons. The fraction of sp³-hybridized carbons (Fsp3) is 0.562. The fourth-order valence-electron chi connectivity index (χ4n) is 2.84. The van der Waals surface area contributed by atoms with E-state index in [2.05, 4.69) is 68.3 Å². The van der Waals surface area contributed by atoms with Crippen LogP contribution in [0.15, 0.2) is 35.3 Å². The Hall–Kier alpha value is -1.51. The van der Waals surface area contributed by atoms with Crippen molar-refractivity contribution in [1.29, 1.82) is 0 Å². The maximum absolute atomic E-state index is 4.86. The van der Waals surface area contributed by atoms with Gasteiger partial charge in [0.2, 0.25) is 0 Å². The number of benzene rings is 1. The first-order chi connectivity index (χ1) is 9.05. The van der Waals surface area contributed by atoms with Crippen LogP contribution in [-0.4, -0.2) is 50.5 Å². The predicted molar refractivity (Wildman–Crippen MR) is 81.6 cm³/mol. The first-order valence-corrected chi connectivity index (χ1v) is 7.00. The minimum Gasteiger partial charge on any atom is -0.349 e. The summed E-state index contributed by atoms with van der Waals surface area (Å²) in [6.07, 6.45) is 3.84. The van der Waals surface area contributed by atoms with E-state index < -0.39 is 0 Å². The molecular formula is C16H25N3. The Kier molecular flexibility index (Phi) is 4.13. The van der Waals surface area contributed by atoms with Crippen molar-refractivity contribution >= 4 is 5.96 Å². The largest absolute Gasteiger partial charge is 0.349 e. The molecule has 0 unspecified atom stereocenters. The molecule has 3 nitrogen and oxygen atoms in total. The van der Waals surface area contributed by atoms with Gasteiger partial charge in [0.15, 0.2) is 5.96 Å². The van der Waals surface area contributed by atoms with Crippen LogP contribution in [0.5, 0.6) is 0 Å². The summed E-state index contributed by atoms with van der Waals surface area (Å²) in [4.78, 5) is 9.02. The van der Waals surface area contributed by atoms with Gasteiger partial charge in [0, 0.05) is 33.6 Å². The molecule has 1 aliphatic rings. The van der Waals surface area contributed by atoms with Crippen LogP contribution >= 0.6 is 0 Å². The monoisotopic (exact) mass is 259 g/mol. The maximum atomic E-state index is 4.86. The van der Waals surface area contributed by atoms with Crippen molar-refractivity contribution in [3.05, 3.63) is 35.9 Å². The molecule has 0 saturated heterocycles. The average Bonchev–Trinajstić information content (AvgIpc) is 2.32. The number of nitrogens with zero attached hydrogens (tertiary/aromatic N) is 3. The summed E-state index contributed by atoms with van der Waals surface area (Å²) in [5.41, 5.74) is 1.72. The summed E-state index contributed by atoms with van der Waals surface area (Å²) >= 11 is 0. The Morgan fingerprint density at radius 1 is 1.05 bits per heavy atom. The summed E-state index contributed by atoms with van der Waals surface area (Å²) in [6.45, 7) is 0.892. The van der Waals surface area contributed by atoms with Gasteiger partial charge >= 0.3 is 0 Å². The van der Waals surface area contributed by atoms with Crippen molar-refractivity contribution < 1.29 is 0 Å². The van der Waals surface area contributed by atoms with Crippen LogP contribution in [0, 0.1) is 0 Å². The highest BCUT2D eigenvalue weighted by atomic mass is 15.3. The Labute approximate surface area is 116 Å². The molecule has 0 spiro atoms. The van der Waals surface area contributed by atoms with Crippen LogP contribution in [-0.2, 0) is 5.41 Å². The van der Waals surface area contributed by atoms with Crippen molar-refractivity contribution in [3.8, 4) is 0 Å². The van der Waals surface area contributed by atoms with E-state index in [1.54, 1.807) is 0 Å². The fourth-order valence-corrected chi connectivity index (χ4v) is 2.84. The predicted octanol–water partition coefficient (Wildman–Crippen LogP) is 2.59. The van der Waals surface area contributed by atoms with Crippen LogP contribution in [0.25, 0.3) is 0 Å². The highest BCUT2D eigenvalue weighted by molar-refractivity contribution is 5.79. The molecule has 1 aromatic rings. The molecule has 1 saturated carbocycles. The van der Waals surface area contributed by atoms with Crippen LogP contribution < -0.4 is 0 Å². The topological polar surface area (TPSA) is 18.8 Å². The van der Waals surface area contributed by atoms with E-state index in [1.807, 2.05) is 0 Å². The Bertz CT molecular complexity index is 421. The molecule has 0 amide bonds. The molecule has 104 valence electrons. The summed E-state index contributed by atoms with van der Waals surface area (Å²) in [5, 5.41) is 0. The second kappa shape index (κ2) is 5.64. The molecule has 0 bridgehead atoms. The highest BCUT2D eigenvalue weighted by Gasteiger charge is 2.38. The van der Waals surface area contributed by atoms with E-state index >= 15 is 0 Å². The molecule has 3 heteroatoms. The minimum absolute atomic E-state index is 0.276. The van der Waals surface area contributed by atoms with Crippen molar-refractivity contribution in [2.75, 3.05) is 34.7 Å². The number of rotatable bonds is 3. The van der Waals surface area contributed by atoms with E-state index in [0.29, 0.717) is 0 Å². The van der Waals surface area contributed by atoms with E-state index in [0.717, 1.165) is 12.5 Å². The summed E-state index contributed by atoms with van der Waals surface area (Å²) in [6, 6.07) is 10.9. The molecule has 0 heterocycles. The third-order valence-corrected chi connectivity index (χ3v) is 4.02. The van der Waals surface area contributed by atoms with Gasteiger partial charge in [-0.15, -0.1) is 0 Å². The van der Waals surface area contributed by atoms with Gasteiger partial charge in [-0.1, -0.05) is 36.8 Å². The molecule has 0 aliphatic heterocycles. The Balaban J connectivity index is 2.18. The van der Waals surface area contributed by atoms with Crippen LogP contribution in [0.4, 0.5) is 0 Å². The van der Waals surface area contributed by atoms with Crippen molar-refractivity contribution in [2.45, 2.75) is 24.7 Å². The maximum Gasteiger partial charge on any atom is 0.195 e. The lowest BCUT2D eigenvalue weighted by Gasteiger charge is -2.41. The number of aliphatic imine (C=N–C) groups is 1. The van der Waals surface area contributed by atoms with Crippen LogP contribution in [0.1, 0.15) is 24.8 Å². The highest BCUT2D eigenvalue weighted by Crippen LogP contribution is 2.43. The molecule has 2 rings (SSSR count). The van der Waals surface area contributed by atoms with Crippen molar-refractivity contribution in [2.24, 2.45) is 4.99 Å². The Morgan fingerprint density at radius 3 is 2.05 bits per heavy atom. The standard InChI is InChI=1S/C16H25N3/c1-18(2)15(19(3)4)17-13-16(11-8-12-16)14-9-6-5-7-10-14/h5-7,9-10H,8,11-13H2,1-4H3. The van der Waals surface area contributed by atoms with Gasteiger partial charge in [-0.2, -0.15) is 0 Å². The molecule has 1 aliphatic carbocycles. The number of guanidine groups is 1. The SMILES string of the molecule is CN(C)C(=NCC1(c2ccccc2)CCC1)N(C)C. The third kappa shape index (κ3) is 2.91. The first kappa shape index (κ1) is 13.9. The zero-order chi connectivity index (χ0) is 13.9. The molecule has 1 aromatic carbocycles. The third-order valence-electron chi connectivity index (χ3n) is 4.02. The number of hydrogen-bond acceptors (Lipinski definition) is 1. The summed E-state index contributed by atoms with van der Waals surface area (Å²) in [7, 11) is 8.20. The molecule has 0 aromatic heterocycles. The quantitative estimate of drug-likeness (QED) is 0.614. The van der Waals surface area contributed by atoms with E-state index in [1.165, 1.54) is 24.8 Å². The minimum atomic E-state index is 0.276. The van der Waals surface area contributed by atoms with Gasteiger partial charge in [-0.3, -0.25) is 4.99 Å². The zero-order valence-corrected chi connectivity index (χ0v) is 12.6. The van der Waals surface area contributed by atoms with Gasteiger partial charge in [0.1, 0.15) is 0 Å². The van der Waals surface area contributed by atoms with Crippen LogP contribution in [0.2, 0.25) is 0 Å². The average molecular weight is 259 g/mol.